The molecule has 5 heteroatoms. The third kappa shape index (κ3) is 3.21. The molecule has 0 radical (unpaired) electrons. The van der Waals surface area contributed by atoms with Crippen molar-refractivity contribution >= 4 is 5.91 Å². The maximum Gasteiger partial charge on any atom is 0.223 e. The summed E-state index contributed by atoms with van der Waals surface area (Å²) in [4.78, 5) is 14.8. The van der Waals surface area contributed by atoms with E-state index in [4.69, 9.17) is 0 Å². The SMILES string of the molecule is Cc1n[nH]c(C)c1[C@H](C)CC(=O)N1CCC[C@H]1c1ccc(F)cc1. The van der Waals surface area contributed by atoms with E-state index in [0.717, 1.165) is 41.9 Å². The number of likely N-dealkylation sites (tertiary alicyclic amines) is 1. The zero-order valence-electron chi connectivity index (χ0n) is 14.5. The van der Waals surface area contributed by atoms with E-state index in [-0.39, 0.29) is 23.7 Å². The molecule has 0 bridgehead atoms. The van der Waals surface area contributed by atoms with Gasteiger partial charge in [0.25, 0.3) is 0 Å². The fourth-order valence-corrected chi connectivity index (χ4v) is 3.86. The molecule has 128 valence electrons. The third-order valence-electron chi connectivity index (χ3n) is 4.99. The van der Waals surface area contributed by atoms with Crippen molar-refractivity contribution in [1.29, 1.82) is 0 Å². The van der Waals surface area contributed by atoms with Gasteiger partial charge < -0.3 is 4.90 Å². The van der Waals surface area contributed by atoms with Crippen LogP contribution in [0.1, 0.15) is 60.7 Å². The Hall–Kier alpha value is -2.17. The first-order valence-electron chi connectivity index (χ1n) is 8.53. The second-order valence-corrected chi connectivity index (χ2v) is 6.75. The molecule has 3 rings (SSSR count). The lowest BCUT2D eigenvalue weighted by atomic mass is 9.95. The number of benzene rings is 1. The number of rotatable bonds is 4. The van der Waals surface area contributed by atoms with Crippen LogP contribution in [0.15, 0.2) is 24.3 Å². The lowest BCUT2D eigenvalue weighted by Crippen LogP contribution is -2.31. The third-order valence-corrected chi connectivity index (χ3v) is 4.99. The van der Waals surface area contributed by atoms with Crippen LogP contribution in [0, 0.1) is 19.7 Å². The topological polar surface area (TPSA) is 49.0 Å². The molecule has 1 aromatic carbocycles. The van der Waals surface area contributed by atoms with E-state index in [1.165, 1.54) is 12.1 Å². The second kappa shape index (κ2) is 6.75. The van der Waals surface area contributed by atoms with Gasteiger partial charge in [0.2, 0.25) is 5.91 Å². The van der Waals surface area contributed by atoms with Gasteiger partial charge in [0, 0.05) is 18.7 Å². The van der Waals surface area contributed by atoms with Gasteiger partial charge in [-0.25, -0.2) is 4.39 Å². The number of aromatic amines is 1. The molecule has 1 N–H and O–H groups in total. The van der Waals surface area contributed by atoms with E-state index in [9.17, 15) is 9.18 Å². The molecule has 24 heavy (non-hydrogen) atoms. The summed E-state index contributed by atoms with van der Waals surface area (Å²) in [6, 6.07) is 6.59. The van der Waals surface area contributed by atoms with Crippen molar-refractivity contribution in [3.8, 4) is 0 Å². The molecule has 1 aliphatic rings. The maximum atomic E-state index is 13.1. The highest BCUT2D eigenvalue weighted by Gasteiger charge is 2.31. The van der Waals surface area contributed by atoms with E-state index in [2.05, 4.69) is 17.1 Å². The van der Waals surface area contributed by atoms with Crippen molar-refractivity contribution in [2.75, 3.05) is 6.54 Å². The average Bonchev–Trinajstić information content (AvgIpc) is 3.15. The van der Waals surface area contributed by atoms with Crippen LogP contribution >= 0.6 is 0 Å². The molecule has 4 nitrogen and oxygen atoms in total. The summed E-state index contributed by atoms with van der Waals surface area (Å²) in [6.07, 6.45) is 2.40. The van der Waals surface area contributed by atoms with Crippen LogP contribution in [-0.4, -0.2) is 27.5 Å². The summed E-state index contributed by atoms with van der Waals surface area (Å²) >= 11 is 0. The van der Waals surface area contributed by atoms with Crippen LogP contribution in [0.2, 0.25) is 0 Å². The van der Waals surface area contributed by atoms with Gasteiger partial charge in [0.1, 0.15) is 5.82 Å². The first-order valence-corrected chi connectivity index (χ1v) is 8.53. The molecular formula is C19H24FN3O. The van der Waals surface area contributed by atoms with Gasteiger partial charge in [-0.3, -0.25) is 9.89 Å². The molecule has 1 aliphatic heterocycles. The van der Waals surface area contributed by atoms with E-state index in [1.54, 1.807) is 12.1 Å². The van der Waals surface area contributed by atoms with Crippen LogP contribution in [0.5, 0.6) is 0 Å². The predicted octanol–water partition coefficient (Wildman–Crippen LogP) is 4.02. The van der Waals surface area contributed by atoms with Crippen molar-refractivity contribution in [3.05, 3.63) is 52.6 Å². The number of nitrogens with zero attached hydrogens (tertiary/aromatic N) is 2. The normalized spacial score (nSPS) is 18.8. The Labute approximate surface area is 142 Å². The van der Waals surface area contributed by atoms with Crippen molar-refractivity contribution < 1.29 is 9.18 Å². The summed E-state index contributed by atoms with van der Waals surface area (Å²) < 4.78 is 13.1. The Bertz CT molecular complexity index is 703. The number of hydrogen-bond donors (Lipinski definition) is 1. The number of amides is 1. The van der Waals surface area contributed by atoms with Gasteiger partial charge in [-0.15, -0.1) is 0 Å². The molecule has 2 heterocycles. The fourth-order valence-electron chi connectivity index (χ4n) is 3.86. The summed E-state index contributed by atoms with van der Waals surface area (Å²) in [5, 5.41) is 7.22. The number of carbonyl (C=O) groups is 1. The number of carbonyl (C=O) groups excluding carboxylic acids is 1. The molecule has 2 atom stereocenters. The summed E-state index contributed by atoms with van der Waals surface area (Å²) in [5.74, 6) is 0.0502. The average molecular weight is 329 g/mol. The Kier molecular flexibility index (Phi) is 4.69. The smallest absolute Gasteiger partial charge is 0.223 e. The van der Waals surface area contributed by atoms with Gasteiger partial charge in [0.15, 0.2) is 0 Å². The van der Waals surface area contributed by atoms with Gasteiger partial charge >= 0.3 is 0 Å². The van der Waals surface area contributed by atoms with Crippen molar-refractivity contribution in [2.45, 2.75) is 52.0 Å². The minimum atomic E-state index is -0.242. The van der Waals surface area contributed by atoms with Crippen molar-refractivity contribution in [1.82, 2.24) is 15.1 Å². The van der Waals surface area contributed by atoms with E-state index >= 15 is 0 Å². The predicted molar refractivity (Wildman–Crippen MR) is 91.2 cm³/mol. The maximum absolute atomic E-state index is 13.1. The summed E-state index contributed by atoms with van der Waals surface area (Å²) in [6.45, 7) is 6.81. The molecule has 1 fully saturated rings. The minimum absolute atomic E-state index is 0.0665. The van der Waals surface area contributed by atoms with Gasteiger partial charge in [-0.1, -0.05) is 19.1 Å². The van der Waals surface area contributed by atoms with Gasteiger partial charge in [0.05, 0.1) is 11.7 Å². The highest BCUT2D eigenvalue weighted by Crippen LogP contribution is 2.34. The summed E-state index contributed by atoms with van der Waals surface area (Å²) in [5.41, 5.74) is 4.15. The number of halogens is 1. The number of H-pyrrole nitrogens is 1. The van der Waals surface area contributed by atoms with E-state index in [0.29, 0.717) is 6.42 Å². The molecule has 0 aliphatic carbocycles. The lowest BCUT2D eigenvalue weighted by molar-refractivity contribution is -0.132. The van der Waals surface area contributed by atoms with Crippen molar-refractivity contribution in [2.24, 2.45) is 0 Å². The Morgan fingerprint density at radius 1 is 1.38 bits per heavy atom. The second-order valence-electron chi connectivity index (χ2n) is 6.75. The van der Waals surface area contributed by atoms with Gasteiger partial charge in [-0.05, 0) is 55.9 Å². The largest absolute Gasteiger partial charge is 0.336 e. The molecule has 2 aromatic rings. The molecule has 0 saturated carbocycles. The number of nitrogens with one attached hydrogen (secondary N) is 1. The Morgan fingerprint density at radius 3 is 2.71 bits per heavy atom. The van der Waals surface area contributed by atoms with Crippen LogP contribution in [-0.2, 0) is 4.79 Å². The zero-order chi connectivity index (χ0) is 17.3. The quantitative estimate of drug-likeness (QED) is 0.921. The van der Waals surface area contributed by atoms with E-state index < -0.39 is 0 Å². The molecule has 0 unspecified atom stereocenters. The Balaban J connectivity index is 1.73. The summed E-state index contributed by atoms with van der Waals surface area (Å²) in [7, 11) is 0. The number of aromatic nitrogens is 2. The monoisotopic (exact) mass is 329 g/mol. The molecule has 1 saturated heterocycles. The highest BCUT2D eigenvalue weighted by atomic mass is 19.1. The molecule has 1 amide bonds. The lowest BCUT2D eigenvalue weighted by Gasteiger charge is -2.26. The van der Waals surface area contributed by atoms with Crippen molar-refractivity contribution in [3.63, 3.8) is 0 Å². The number of aryl methyl sites for hydroxylation is 2. The van der Waals surface area contributed by atoms with Crippen LogP contribution in [0.4, 0.5) is 4.39 Å². The molecule has 0 spiro atoms. The van der Waals surface area contributed by atoms with Crippen LogP contribution in [0.25, 0.3) is 0 Å². The first kappa shape index (κ1) is 16.7. The minimum Gasteiger partial charge on any atom is -0.336 e. The van der Waals surface area contributed by atoms with Crippen LogP contribution in [0.3, 0.4) is 0 Å². The molecular weight excluding hydrogens is 305 g/mol. The van der Waals surface area contributed by atoms with E-state index in [1.807, 2.05) is 18.7 Å². The Morgan fingerprint density at radius 2 is 2.08 bits per heavy atom. The van der Waals surface area contributed by atoms with Gasteiger partial charge in [-0.2, -0.15) is 5.10 Å². The molecule has 1 aromatic heterocycles. The zero-order valence-corrected chi connectivity index (χ0v) is 14.5. The number of hydrogen-bond acceptors (Lipinski definition) is 2. The fraction of sp³-hybridized carbons (Fsp3) is 0.474. The van der Waals surface area contributed by atoms with Crippen LogP contribution < -0.4 is 0 Å². The standard InChI is InChI=1S/C19H24FN3O/c1-12(19-13(2)21-22-14(19)3)11-18(24)23-10-4-5-17(23)15-6-8-16(20)9-7-15/h6-9,12,17H,4-5,10-11H2,1-3H3,(H,21,22)/t12-,17+/m1/s1. The highest BCUT2D eigenvalue weighted by molar-refractivity contribution is 5.78. The first-order chi connectivity index (χ1) is 11.5.